The summed E-state index contributed by atoms with van der Waals surface area (Å²) in [4.78, 5) is 13.3. The molecular weight excluding hydrogens is 333 g/mol. The maximum Gasteiger partial charge on any atom is 0.302 e. The first-order chi connectivity index (χ1) is 8.08. The molecule has 0 bridgehead atoms. The molecular formula is C12H20INO3. The molecule has 1 aliphatic rings. The van der Waals surface area contributed by atoms with Gasteiger partial charge in [0.2, 0.25) is 0 Å². The number of halogens is 1. The van der Waals surface area contributed by atoms with Crippen molar-refractivity contribution in [2.45, 2.75) is 25.6 Å². The van der Waals surface area contributed by atoms with Crippen molar-refractivity contribution in [3.8, 4) is 0 Å². The number of carbonyl (C=O) groups is 1. The van der Waals surface area contributed by atoms with Crippen molar-refractivity contribution in [2.75, 3.05) is 27.2 Å². The van der Waals surface area contributed by atoms with E-state index in [0.29, 0.717) is 0 Å². The van der Waals surface area contributed by atoms with Crippen LogP contribution in [0.4, 0.5) is 0 Å². The Morgan fingerprint density at radius 1 is 1.59 bits per heavy atom. The van der Waals surface area contributed by atoms with Gasteiger partial charge < -0.3 is 14.4 Å². The van der Waals surface area contributed by atoms with Crippen LogP contribution in [-0.2, 0) is 14.3 Å². The van der Waals surface area contributed by atoms with Gasteiger partial charge in [0, 0.05) is 26.5 Å². The molecule has 4 nitrogen and oxygen atoms in total. The van der Waals surface area contributed by atoms with Gasteiger partial charge in [0.25, 0.3) is 0 Å². The minimum Gasteiger partial charge on any atom is -0.461 e. The van der Waals surface area contributed by atoms with Crippen LogP contribution in [0.25, 0.3) is 0 Å². The Balaban J connectivity index is 2.74. The molecule has 0 N–H and O–H groups in total. The number of likely N-dealkylation sites (N-methyl/N-ethyl adjacent to an activating group) is 1. The van der Waals surface area contributed by atoms with Crippen LogP contribution in [0, 0.1) is 5.92 Å². The summed E-state index contributed by atoms with van der Waals surface area (Å²) in [7, 11) is 3.74. The lowest BCUT2D eigenvalue weighted by Gasteiger charge is -2.38. The van der Waals surface area contributed by atoms with Gasteiger partial charge in [0.05, 0.1) is 6.10 Å². The zero-order valence-corrected chi connectivity index (χ0v) is 12.7. The molecule has 3 atom stereocenters. The molecule has 1 aliphatic heterocycles. The maximum absolute atomic E-state index is 11.1. The molecule has 1 rings (SSSR count). The second-order valence-corrected chi connectivity index (χ2v) is 5.10. The van der Waals surface area contributed by atoms with Gasteiger partial charge in [-0.2, -0.15) is 0 Å². The Morgan fingerprint density at radius 3 is 2.82 bits per heavy atom. The quantitative estimate of drug-likeness (QED) is 0.571. The van der Waals surface area contributed by atoms with Crippen LogP contribution in [0.3, 0.4) is 0 Å². The molecule has 0 aliphatic carbocycles. The summed E-state index contributed by atoms with van der Waals surface area (Å²) in [6.45, 7) is 3.25. The Labute approximate surface area is 116 Å². The van der Waals surface area contributed by atoms with Gasteiger partial charge in [-0.1, -0.05) is 22.6 Å². The van der Waals surface area contributed by atoms with Crippen LogP contribution in [0.2, 0.25) is 0 Å². The van der Waals surface area contributed by atoms with Crippen molar-refractivity contribution in [2.24, 2.45) is 5.92 Å². The lowest BCUT2D eigenvalue weighted by molar-refractivity contribution is -0.155. The Hall–Kier alpha value is -0.140. The lowest BCUT2D eigenvalue weighted by atomic mass is 9.88. The second-order valence-electron chi connectivity index (χ2n) is 4.38. The summed E-state index contributed by atoms with van der Waals surface area (Å²) in [5, 5.41) is 0. The van der Waals surface area contributed by atoms with E-state index >= 15 is 0 Å². The van der Waals surface area contributed by atoms with Gasteiger partial charge >= 0.3 is 5.97 Å². The van der Waals surface area contributed by atoms with Gasteiger partial charge in [-0.3, -0.25) is 4.79 Å². The molecule has 0 aromatic heterocycles. The van der Waals surface area contributed by atoms with Gasteiger partial charge in [0.15, 0.2) is 0 Å². The molecule has 17 heavy (non-hydrogen) atoms. The summed E-state index contributed by atoms with van der Waals surface area (Å²) in [6, 6.07) is 0. The molecule has 1 saturated heterocycles. The Bertz CT molecular complexity index is 283. The van der Waals surface area contributed by atoms with E-state index in [1.54, 1.807) is 7.11 Å². The number of methoxy groups -OCH3 is 1. The fourth-order valence-corrected chi connectivity index (χ4v) is 2.68. The number of nitrogens with zero attached hydrogens (tertiary/aromatic N) is 1. The molecule has 0 aromatic rings. The van der Waals surface area contributed by atoms with E-state index in [9.17, 15) is 4.79 Å². The standard InChI is InChI=1S/C12H20INO3/c1-9(15)17-12-8-14(2)7-5-10(12)11(16-3)4-6-13/h4,6,10-12H,5,7-8H2,1-3H3/b6-4+. The van der Waals surface area contributed by atoms with Crippen molar-refractivity contribution < 1.29 is 14.3 Å². The number of carbonyl (C=O) groups excluding carboxylic acids is 1. The summed E-state index contributed by atoms with van der Waals surface area (Å²) in [6.07, 6.45) is 2.94. The monoisotopic (exact) mass is 353 g/mol. The fraction of sp³-hybridized carbons (Fsp3) is 0.750. The minimum absolute atomic E-state index is 0.0185. The molecule has 3 unspecified atom stereocenters. The highest BCUT2D eigenvalue weighted by atomic mass is 127. The van der Waals surface area contributed by atoms with Crippen LogP contribution in [0.15, 0.2) is 10.2 Å². The van der Waals surface area contributed by atoms with Crippen molar-refractivity contribution in [1.82, 2.24) is 4.90 Å². The van der Waals surface area contributed by atoms with E-state index in [1.165, 1.54) is 6.92 Å². The van der Waals surface area contributed by atoms with Gasteiger partial charge in [-0.15, -0.1) is 0 Å². The first-order valence-electron chi connectivity index (χ1n) is 5.74. The van der Waals surface area contributed by atoms with Crippen molar-refractivity contribution >= 4 is 28.6 Å². The molecule has 1 fully saturated rings. The molecule has 0 spiro atoms. The molecule has 0 aromatic carbocycles. The number of ether oxygens (including phenoxy) is 2. The summed E-state index contributed by atoms with van der Waals surface area (Å²) >= 11 is 2.18. The highest BCUT2D eigenvalue weighted by molar-refractivity contribution is 14.1. The SMILES string of the molecule is COC(/C=C/I)C1CCN(C)CC1OC(C)=O. The molecule has 0 radical (unpaired) electrons. The number of likely N-dealkylation sites (tertiary alicyclic amines) is 1. The fourth-order valence-electron chi connectivity index (χ4n) is 2.27. The van der Waals surface area contributed by atoms with Crippen molar-refractivity contribution in [3.63, 3.8) is 0 Å². The van der Waals surface area contributed by atoms with E-state index in [4.69, 9.17) is 9.47 Å². The normalized spacial score (nSPS) is 28.2. The molecule has 1 heterocycles. The predicted octanol–water partition coefficient (Wildman–Crippen LogP) is 1.83. The molecule has 0 saturated carbocycles. The average molecular weight is 353 g/mol. The summed E-state index contributed by atoms with van der Waals surface area (Å²) in [5.41, 5.74) is 0. The van der Waals surface area contributed by atoms with Gasteiger partial charge in [0.1, 0.15) is 6.10 Å². The van der Waals surface area contributed by atoms with Crippen LogP contribution >= 0.6 is 22.6 Å². The van der Waals surface area contributed by atoms with Crippen LogP contribution in [0.5, 0.6) is 0 Å². The number of piperidine rings is 1. The lowest BCUT2D eigenvalue weighted by Crippen LogP contribution is -2.48. The van der Waals surface area contributed by atoms with E-state index in [0.717, 1.165) is 19.5 Å². The Morgan fingerprint density at radius 2 is 2.29 bits per heavy atom. The number of hydrogen-bond donors (Lipinski definition) is 0. The third-order valence-corrected chi connectivity index (χ3v) is 3.50. The van der Waals surface area contributed by atoms with Crippen LogP contribution < -0.4 is 0 Å². The summed E-state index contributed by atoms with van der Waals surface area (Å²) in [5.74, 6) is 0.0229. The highest BCUT2D eigenvalue weighted by Crippen LogP contribution is 2.26. The minimum atomic E-state index is -0.219. The smallest absolute Gasteiger partial charge is 0.302 e. The Kier molecular flexibility index (Phi) is 6.43. The van der Waals surface area contributed by atoms with E-state index in [2.05, 4.69) is 27.5 Å². The topological polar surface area (TPSA) is 38.8 Å². The maximum atomic E-state index is 11.1. The van der Waals surface area contributed by atoms with E-state index in [-0.39, 0.29) is 24.1 Å². The van der Waals surface area contributed by atoms with Crippen LogP contribution in [-0.4, -0.2) is 50.3 Å². The average Bonchev–Trinajstić information content (AvgIpc) is 2.26. The van der Waals surface area contributed by atoms with Crippen molar-refractivity contribution in [1.29, 1.82) is 0 Å². The van der Waals surface area contributed by atoms with Gasteiger partial charge in [-0.05, 0) is 30.2 Å². The van der Waals surface area contributed by atoms with Crippen LogP contribution in [0.1, 0.15) is 13.3 Å². The highest BCUT2D eigenvalue weighted by Gasteiger charge is 2.34. The molecule has 0 amide bonds. The molecule has 98 valence electrons. The second kappa shape index (κ2) is 7.33. The number of esters is 1. The third-order valence-electron chi connectivity index (χ3n) is 3.09. The number of rotatable bonds is 4. The van der Waals surface area contributed by atoms with E-state index in [1.807, 2.05) is 17.2 Å². The first kappa shape index (κ1) is 14.9. The predicted molar refractivity (Wildman–Crippen MR) is 75.1 cm³/mol. The summed E-state index contributed by atoms with van der Waals surface area (Å²) < 4.78 is 12.8. The largest absolute Gasteiger partial charge is 0.461 e. The number of hydrogen-bond acceptors (Lipinski definition) is 4. The van der Waals surface area contributed by atoms with E-state index < -0.39 is 0 Å². The van der Waals surface area contributed by atoms with Gasteiger partial charge in [-0.25, -0.2) is 0 Å². The molecule has 5 heteroatoms. The zero-order chi connectivity index (χ0) is 12.8. The third kappa shape index (κ3) is 4.56. The first-order valence-corrected chi connectivity index (χ1v) is 6.98. The zero-order valence-electron chi connectivity index (χ0n) is 10.6. The van der Waals surface area contributed by atoms with Crippen molar-refractivity contribution in [3.05, 3.63) is 10.2 Å².